The Balaban J connectivity index is 1.49. The van der Waals surface area contributed by atoms with E-state index in [0.29, 0.717) is 46.9 Å². The Morgan fingerprint density at radius 3 is 2.38 bits per heavy atom. The van der Waals surface area contributed by atoms with Crippen LogP contribution in [0.2, 0.25) is 0 Å². The first-order valence-corrected chi connectivity index (χ1v) is 11.0. The molecule has 0 bridgehead atoms. The first kappa shape index (κ1) is 23.2. The van der Waals surface area contributed by atoms with Gasteiger partial charge in [0.25, 0.3) is 5.88 Å². The number of hydrogen-bond donors (Lipinski definition) is 1. The van der Waals surface area contributed by atoms with E-state index in [9.17, 15) is 4.79 Å². The number of carbonyl (C=O) groups excluding carboxylic acids is 1. The van der Waals surface area contributed by atoms with E-state index < -0.39 is 0 Å². The first-order chi connectivity index (χ1) is 16.6. The van der Waals surface area contributed by atoms with Gasteiger partial charge in [-0.3, -0.25) is 4.79 Å². The number of aromatic nitrogens is 2. The molecule has 1 atom stereocenters. The number of piperidine rings is 1. The summed E-state index contributed by atoms with van der Waals surface area (Å²) in [6.07, 6.45) is 4.84. The predicted molar refractivity (Wildman–Crippen MR) is 128 cm³/mol. The monoisotopic (exact) mass is 464 g/mol. The molecular formula is C25H28N4O5. The minimum absolute atomic E-state index is 0.0895. The summed E-state index contributed by atoms with van der Waals surface area (Å²) in [5.41, 5.74) is 0.573. The van der Waals surface area contributed by atoms with Crippen molar-refractivity contribution in [2.45, 2.75) is 12.8 Å². The van der Waals surface area contributed by atoms with Crippen LogP contribution in [0, 0.1) is 5.92 Å². The molecule has 0 spiro atoms. The number of nitrogens with one attached hydrogen (secondary N) is 1. The average molecular weight is 465 g/mol. The van der Waals surface area contributed by atoms with Gasteiger partial charge in [-0.25, -0.2) is 9.97 Å². The maximum atomic E-state index is 13.2. The van der Waals surface area contributed by atoms with Gasteiger partial charge in [-0.2, -0.15) is 0 Å². The second-order valence-corrected chi connectivity index (χ2v) is 7.79. The molecule has 9 heteroatoms. The van der Waals surface area contributed by atoms with Crippen molar-refractivity contribution in [3.8, 4) is 28.9 Å². The fourth-order valence-electron chi connectivity index (χ4n) is 3.99. The summed E-state index contributed by atoms with van der Waals surface area (Å²) in [6, 6.07) is 12.9. The lowest BCUT2D eigenvalue weighted by Crippen LogP contribution is -2.41. The number of ether oxygens (including phenoxy) is 4. The van der Waals surface area contributed by atoms with E-state index in [1.54, 1.807) is 24.5 Å². The molecule has 1 saturated heterocycles. The lowest BCUT2D eigenvalue weighted by Gasteiger charge is -2.33. The van der Waals surface area contributed by atoms with Crippen LogP contribution >= 0.6 is 0 Å². The van der Waals surface area contributed by atoms with Crippen LogP contribution in [-0.2, 0) is 4.79 Å². The van der Waals surface area contributed by atoms with Crippen molar-refractivity contribution < 1.29 is 23.7 Å². The largest absolute Gasteiger partial charge is 0.493 e. The van der Waals surface area contributed by atoms with Crippen molar-refractivity contribution in [1.29, 1.82) is 0 Å². The van der Waals surface area contributed by atoms with Crippen LogP contribution in [0.3, 0.4) is 0 Å². The summed E-state index contributed by atoms with van der Waals surface area (Å²) < 4.78 is 22.1. The fraction of sp³-hybridized carbons (Fsp3) is 0.320. The number of anilines is 2. The van der Waals surface area contributed by atoms with E-state index in [-0.39, 0.29) is 11.8 Å². The van der Waals surface area contributed by atoms with E-state index >= 15 is 0 Å². The highest BCUT2D eigenvalue weighted by molar-refractivity contribution is 5.93. The molecular weight excluding hydrogens is 436 g/mol. The van der Waals surface area contributed by atoms with Crippen LogP contribution < -0.4 is 29.2 Å². The summed E-state index contributed by atoms with van der Waals surface area (Å²) in [6.45, 7) is 1.26. The van der Waals surface area contributed by atoms with Gasteiger partial charge in [0.05, 0.1) is 27.2 Å². The van der Waals surface area contributed by atoms with E-state index in [1.165, 1.54) is 21.3 Å². The quantitative estimate of drug-likeness (QED) is 0.531. The first-order valence-electron chi connectivity index (χ1n) is 11.0. The summed E-state index contributed by atoms with van der Waals surface area (Å²) in [5.74, 6) is 2.82. The SMILES string of the molecule is COc1cc(NC(=O)[C@H]2CCCN(c3nccnc3Oc3ccccc3)C2)cc(OC)c1OC. The molecule has 2 aromatic carbocycles. The van der Waals surface area contributed by atoms with Gasteiger partial charge < -0.3 is 29.2 Å². The summed E-state index contributed by atoms with van der Waals surface area (Å²) in [5, 5.41) is 2.99. The van der Waals surface area contributed by atoms with Crippen LogP contribution in [0.15, 0.2) is 54.9 Å². The Bertz CT molecular complexity index is 1100. The molecule has 3 aromatic rings. The Morgan fingerprint density at radius 1 is 1.00 bits per heavy atom. The lowest BCUT2D eigenvalue weighted by molar-refractivity contribution is -0.120. The summed E-state index contributed by atoms with van der Waals surface area (Å²) in [4.78, 5) is 24.1. The van der Waals surface area contributed by atoms with Gasteiger partial charge in [0.1, 0.15) is 5.75 Å². The number of methoxy groups -OCH3 is 3. The highest BCUT2D eigenvalue weighted by Gasteiger charge is 2.29. The fourth-order valence-corrected chi connectivity index (χ4v) is 3.99. The van der Waals surface area contributed by atoms with E-state index in [1.807, 2.05) is 35.2 Å². The number of carbonyl (C=O) groups is 1. The van der Waals surface area contributed by atoms with Crippen molar-refractivity contribution in [1.82, 2.24) is 9.97 Å². The van der Waals surface area contributed by atoms with Crippen molar-refractivity contribution in [3.63, 3.8) is 0 Å². The van der Waals surface area contributed by atoms with Crippen LogP contribution in [-0.4, -0.2) is 50.3 Å². The topological polar surface area (TPSA) is 95.0 Å². The molecule has 1 aromatic heterocycles. The van der Waals surface area contributed by atoms with E-state index in [4.69, 9.17) is 18.9 Å². The molecule has 2 heterocycles. The number of nitrogens with zero attached hydrogens (tertiary/aromatic N) is 3. The summed E-state index contributed by atoms with van der Waals surface area (Å²) in [7, 11) is 4.62. The van der Waals surface area contributed by atoms with E-state index in [2.05, 4.69) is 15.3 Å². The van der Waals surface area contributed by atoms with Crippen molar-refractivity contribution in [3.05, 3.63) is 54.9 Å². The standard InChI is InChI=1S/C25H28N4O5/c1-31-20-14-18(15-21(32-2)22(20)33-3)28-24(30)17-8-7-13-29(16-17)23-25(27-12-11-26-23)34-19-9-5-4-6-10-19/h4-6,9-12,14-15,17H,7-8,13,16H2,1-3H3,(H,28,30)/t17-/m0/s1. The number of para-hydroxylation sites is 1. The normalized spacial score (nSPS) is 15.4. The zero-order valence-electron chi connectivity index (χ0n) is 19.5. The van der Waals surface area contributed by atoms with Crippen LogP contribution in [0.5, 0.6) is 28.9 Å². The smallest absolute Gasteiger partial charge is 0.263 e. The molecule has 34 heavy (non-hydrogen) atoms. The zero-order chi connectivity index (χ0) is 23.9. The molecule has 178 valence electrons. The lowest BCUT2D eigenvalue weighted by atomic mass is 9.97. The van der Waals surface area contributed by atoms with Crippen molar-refractivity contribution in [2.24, 2.45) is 5.92 Å². The van der Waals surface area contributed by atoms with Gasteiger partial charge in [-0.15, -0.1) is 0 Å². The van der Waals surface area contributed by atoms with Gasteiger partial charge in [0, 0.05) is 43.3 Å². The molecule has 1 N–H and O–H groups in total. The van der Waals surface area contributed by atoms with Gasteiger partial charge in [0.2, 0.25) is 11.7 Å². The third kappa shape index (κ3) is 5.14. The van der Waals surface area contributed by atoms with Crippen LogP contribution in [0.1, 0.15) is 12.8 Å². The van der Waals surface area contributed by atoms with Gasteiger partial charge >= 0.3 is 0 Å². The molecule has 0 radical (unpaired) electrons. The number of hydrogen-bond acceptors (Lipinski definition) is 8. The van der Waals surface area contributed by atoms with Gasteiger partial charge in [-0.1, -0.05) is 18.2 Å². The van der Waals surface area contributed by atoms with Gasteiger partial charge in [-0.05, 0) is 25.0 Å². The van der Waals surface area contributed by atoms with Crippen molar-refractivity contribution in [2.75, 3.05) is 44.6 Å². The Kier molecular flexibility index (Phi) is 7.31. The molecule has 1 aliphatic heterocycles. The molecule has 1 aliphatic rings. The molecule has 9 nitrogen and oxygen atoms in total. The Hall–Kier alpha value is -4.01. The third-order valence-electron chi connectivity index (χ3n) is 5.63. The maximum Gasteiger partial charge on any atom is 0.263 e. The number of benzene rings is 2. The second kappa shape index (κ2) is 10.7. The minimum atomic E-state index is -0.237. The average Bonchev–Trinajstić information content (AvgIpc) is 2.89. The third-order valence-corrected chi connectivity index (χ3v) is 5.63. The van der Waals surface area contributed by atoms with Crippen molar-refractivity contribution >= 4 is 17.4 Å². The Morgan fingerprint density at radius 2 is 1.71 bits per heavy atom. The van der Waals surface area contributed by atoms with E-state index in [0.717, 1.165) is 19.4 Å². The molecule has 1 amide bonds. The van der Waals surface area contributed by atoms with Crippen LogP contribution in [0.4, 0.5) is 11.5 Å². The number of amides is 1. The zero-order valence-corrected chi connectivity index (χ0v) is 19.5. The van der Waals surface area contributed by atoms with Gasteiger partial charge in [0.15, 0.2) is 17.3 Å². The Labute approximate surface area is 198 Å². The highest BCUT2D eigenvalue weighted by atomic mass is 16.5. The summed E-state index contributed by atoms with van der Waals surface area (Å²) >= 11 is 0. The highest BCUT2D eigenvalue weighted by Crippen LogP contribution is 2.40. The minimum Gasteiger partial charge on any atom is -0.493 e. The second-order valence-electron chi connectivity index (χ2n) is 7.79. The number of rotatable bonds is 8. The molecule has 1 fully saturated rings. The molecule has 0 aliphatic carbocycles. The molecule has 4 rings (SSSR count). The maximum absolute atomic E-state index is 13.2. The molecule has 0 unspecified atom stereocenters. The molecule has 0 saturated carbocycles. The van der Waals surface area contributed by atoms with Crippen LogP contribution in [0.25, 0.3) is 0 Å². The predicted octanol–water partition coefficient (Wildman–Crippen LogP) is 4.15.